The number of rotatable bonds is 7. The second kappa shape index (κ2) is 7.54. The molecule has 1 fully saturated rings. The summed E-state index contributed by atoms with van der Waals surface area (Å²) in [4.78, 5) is 2.53. The highest BCUT2D eigenvalue weighted by molar-refractivity contribution is 7.98. The molecule has 0 aromatic rings. The normalized spacial score (nSPS) is 18.9. The molecule has 0 aliphatic carbocycles. The fourth-order valence-corrected chi connectivity index (χ4v) is 2.45. The van der Waals surface area contributed by atoms with Crippen molar-refractivity contribution in [2.75, 3.05) is 51.4 Å². The lowest BCUT2D eigenvalue weighted by molar-refractivity contribution is -0.00950. The summed E-state index contributed by atoms with van der Waals surface area (Å²) in [6, 6.07) is 0. The molecule has 0 radical (unpaired) electrons. The van der Waals surface area contributed by atoms with Crippen molar-refractivity contribution >= 4 is 11.8 Å². The predicted octanol–water partition coefficient (Wildman–Crippen LogP) is 1.44. The Balaban J connectivity index is 2.16. The average molecular weight is 246 g/mol. The van der Waals surface area contributed by atoms with Crippen LogP contribution in [0.3, 0.4) is 0 Å². The van der Waals surface area contributed by atoms with E-state index in [2.05, 4.69) is 30.3 Å². The quantitative estimate of drug-likeness (QED) is 0.687. The second-order valence-corrected chi connectivity index (χ2v) is 5.92. The molecule has 1 heterocycles. The van der Waals surface area contributed by atoms with E-state index >= 15 is 0 Å². The van der Waals surface area contributed by atoms with Gasteiger partial charge in [0.1, 0.15) is 0 Å². The van der Waals surface area contributed by atoms with Gasteiger partial charge in [-0.05, 0) is 38.8 Å². The molecule has 0 unspecified atom stereocenters. The van der Waals surface area contributed by atoms with Crippen molar-refractivity contribution in [2.24, 2.45) is 0 Å². The van der Waals surface area contributed by atoms with Crippen molar-refractivity contribution in [1.29, 1.82) is 0 Å². The average Bonchev–Trinajstić information content (AvgIpc) is 2.30. The molecule has 0 aromatic heterocycles. The van der Waals surface area contributed by atoms with Gasteiger partial charge in [0.05, 0.1) is 13.2 Å². The molecular formula is C12H26N2OS. The van der Waals surface area contributed by atoms with Crippen molar-refractivity contribution in [2.45, 2.75) is 25.8 Å². The molecule has 4 heteroatoms. The molecule has 0 bridgehead atoms. The van der Waals surface area contributed by atoms with Gasteiger partial charge in [-0.2, -0.15) is 11.8 Å². The summed E-state index contributed by atoms with van der Waals surface area (Å²) in [7, 11) is 0. The number of hydrogen-bond donors (Lipinski definition) is 1. The lowest BCUT2D eigenvalue weighted by Gasteiger charge is -2.41. The summed E-state index contributed by atoms with van der Waals surface area (Å²) in [5, 5.41) is 3.56. The first-order chi connectivity index (χ1) is 7.67. The monoisotopic (exact) mass is 246 g/mol. The molecular weight excluding hydrogens is 220 g/mol. The molecule has 0 aromatic carbocycles. The third-order valence-electron chi connectivity index (χ3n) is 3.13. The molecule has 0 amide bonds. The van der Waals surface area contributed by atoms with Crippen molar-refractivity contribution in [3.05, 3.63) is 0 Å². The minimum atomic E-state index is 0.253. The number of morpholine rings is 1. The Bertz CT molecular complexity index is 182. The number of thioether (sulfide) groups is 1. The highest BCUT2D eigenvalue weighted by atomic mass is 32.2. The maximum Gasteiger partial charge on any atom is 0.0594 e. The van der Waals surface area contributed by atoms with Gasteiger partial charge in [0.25, 0.3) is 0 Å². The van der Waals surface area contributed by atoms with Crippen LogP contribution in [0.2, 0.25) is 0 Å². The predicted molar refractivity (Wildman–Crippen MR) is 72.3 cm³/mol. The Kier molecular flexibility index (Phi) is 6.73. The molecule has 1 saturated heterocycles. The standard InChI is InChI=1S/C12H26N2OS/c1-12(2,11-13-5-4-10-16-3)14-6-8-15-9-7-14/h13H,4-11H2,1-3H3. The van der Waals surface area contributed by atoms with Crippen LogP contribution >= 0.6 is 11.8 Å². The third-order valence-corrected chi connectivity index (χ3v) is 3.82. The molecule has 96 valence electrons. The fourth-order valence-electron chi connectivity index (χ4n) is 2.02. The minimum absolute atomic E-state index is 0.253. The Morgan fingerprint density at radius 1 is 1.31 bits per heavy atom. The minimum Gasteiger partial charge on any atom is -0.379 e. The Morgan fingerprint density at radius 3 is 2.62 bits per heavy atom. The van der Waals surface area contributed by atoms with Gasteiger partial charge in [-0.15, -0.1) is 0 Å². The largest absolute Gasteiger partial charge is 0.379 e. The molecule has 0 saturated carbocycles. The second-order valence-electron chi connectivity index (χ2n) is 4.93. The lowest BCUT2D eigenvalue weighted by Crippen LogP contribution is -2.54. The number of nitrogens with one attached hydrogen (secondary N) is 1. The van der Waals surface area contributed by atoms with Crippen LogP contribution in [-0.4, -0.2) is 61.8 Å². The fraction of sp³-hybridized carbons (Fsp3) is 1.00. The topological polar surface area (TPSA) is 24.5 Å². The van der Waals surface area contributed by atoms with E-state index in [1.54, 1.807) is 0 Å². The SMILES string of the molecule is CSCCCNCC(C)(C)N1CCOCC1. The molecule has 1 aliphatic rings. The third kappa shape index (κ3) is 5.04. The van der Waals surface area contributed by atoms with Crippen LogP contribution in [0.15, 0.2) is 0 Å². The van der Waals surface area contributed by atoms with E-state index in [1.165, 1.54) is 12.2 Å². The molecule has 0 atom stereocenters. The molecule has 0 spiro atoms. The lowest BCUT2D eigenvalue weighted by atomic mass is 10.0. The van der Waals surface area contributed by atoms with Crippen LogP contribution in [0.1, 0.15) is 20.3 Å². The van der Waals surface area contributed by atoms with Crippen LogP contribution in [0.25, 0.3) is 0 Å². The van der Waals surface area contributed by atoms with E-state index in [1.807, 2.05) is 11.8 Å². The molecule has 1 aliphatic heterocycles. The van der Waals surface area contributed by atoms with Crippen LogP contribution in [0.5, 0.6) is 0 Å². The summed E-state index contributed by atoms with van der Waals surface area (Å²) in [6.45, 7) is 10.8. The van der Waals surface area contributed by atoms with Crippen molar-refractivity contribution in [3.8, 4) is 0 Å². The zero-order valence-electron chi connectivity index (χ0n) is 10.9. The van der Waals surface area contributed by atoms with Crippen molar-refractivity contribution in [3.63, 3.8) is 0 Å². The van der Waals surface area contributed by atoms with E-state index in [0.29, 0.717) is 0 Å². The smallest absolute Gasteiger partial charge is 0.0594 e. The molecule has 3 nitrogen and oxygen atoms in total. The number of nitrogens with zero attached hydrogens (tertiary/aromatic N) is 1. The van der Waals surface area contributed by atoms with E-state index in [9.17, 15) is 0 Å². The van der Waals surface area contributed by atoms with E-state index < -0.39 is 0 Å². The summed E-state index contributed by atoms with van der Waals surface area (Å²) in [5.41, 5.74) is 0.253. The van der Waals surface area contributed by atoms with Crippen molar-refractivity contribution in [1.82, 2.24) is 10.2 Å². The van der Waals surface area contributed by atoms with Gasteiger partial charge in [0.2, 0.25) is 0 Å². The van der Waals surface area contributed by atoms with Crippen LogP contribution < -0.4 is 5.32 Å². The first-order valence-corrected chi connectivity index (χ1v) is 7.58. The molecule has 16 heavy (non-hydrogen) atoms. The summed E-state index contributed by atoms with van der Waals surface area (Å²) in [5.74, 6) is 1.25. The van der Waals surface area contributed by atoms with Gasteiger partial charge in [-0.25, -0.2) is 0 Å². The Morgan fingerprint density at radius 2 is 2.00 bits per heavy atom. The molecule has 1 rings (SSSR count). The van der Waals surface area contributed by atoms with E-state index in [0.717, 1.165) is 39.4 Å². The summed E-state index contributed by atoms with van der Waals surface area (Å²) in [6.07, 6.45) is 3.43. The first kappa shape index (κ1) is 14.3. The van der Waals surface area contributed by atoms with Gasteiger partial charge < -0.3 is 10.1 Å². The van der Waals surface area contributed by atoms with Crippen LogP contribution in [-0.2, 0) is 4.74 Å². The molecule has 1 N–H and O–H groups in total. The Labute approximate surface area is 104 Å². The number of ether oxygens (including phenoxy) is 1. The van der Waals surface area contributed by atoms with E-state index in [4.69, 9.17) is 4.74 Å². The highest BCUT2D eigenvalue weighted by Crippen LogP contribution is 2.14. The van der Waals surface area contributed by atoms with E-state index in [-0.39, 0.29) is 5.54 Å². The summed E-state index contributed by atoms with van der Waals surface area (Å²) < 4.78 is 5.39. The first-order valence-electron chi connectivity index (χ1n) is 6.19. The summed E-state index contributed by atoms with van der Waals surface area (Å²) >= 11 is 1.92. The number of hydrogen-bond acceptors (Lipinski definition) is 4. The van der Waals surface area contributed by atoms with Gasteiger partial charge >= 0.3 is 0 Å². The van der Waals surface area contributed by atoms with Gasteiger partial charge in [0.15, 0.2) is 0 Å². The Hall–Kier alpha value is 0.230. The zero-order chi connectivity index (χ0) is 11.9. The van der Waals surface area contributed by atoms with Gasteiger partial charge in [-0.3, -0.25) is 4.90 Å². The van der Waals surface area contributed by atoms with Crippen LogP contribution in [0.4, 0.5) is 0 Å². The van der Waals surface area contributed by atoms with Gasteiger partial charge in [-0.1, -0.05) is 0 Å². The maximum atomic E-state index is 5.39. The zero-order valence-corrected chi connectivity index (χ0v) is 11.7. The maximum absolute atomic E-state index is 5.39. The van der Waals surface area contributed by atoms with Crippen LogP contribution in [0, 0.1) is 0 Å². The highest BCUT2D eigenvalue weighted by Gasteiger charge is 2.27. The van der Waals surface area contributed by atoms with Crippen molar-refractivity contribution < 1.29 is 4.74 Å². The van der Waals surface area contributed by atoms with Gasteiger partial charge in [0, 0.05) is 25.2 Å².